The first-order valence-electron chi connectivity index (χ1n) is 7.41. The molecule has 1 fully saturated rings. The van der Waals surface area contributed by atoms with Crippen LogP contribution in [0.15, 0.2) is 41.0 Å². The van der Waals surface area contributed by atoms with Gasteiger partial charge in [0, 0.05) is 23.3 Å². The summed E-state index contributed by atoms with van der Waals surface area (Å²) in [5.41, 5.74) is 3.23. The van der Waals surface area contributed by atoms with Gasteiger partial charge >= 0.3 is 0 Å². The average molecular weight is 347 g/mol. The van der Waals surface area contributed by atoms with Crippen LogP contribution in [0, 0.1) is 0 Å². The lowest BCUT2D eigenvalue weighted by Gasteiger charge is -2.11. The van der Waals surface area contributed by atoms with Crippen molar-refractivity contribution in [3.05, 3.63) is 57.8 Å². The van der Waals surface area contributed by atoms with E-state index >= 15 is 0 Å². The first-order valence-corrected chi connectivity index (χ1v) is 8.20. The summed E-state index contributed by atoms with van der Waals surface area (Å²) in [5.74, 6) is -0.00138. The van der Waals surface area contributed by atoms with Gasteiger partial charge in [0.15, 0.2) is 0 Å². The van der Waals surface area contributed by atoms with Crippen LogP contribution in [0.1, 0.15) is 47.4 Å². The molecule has 110 valence electrons. The quantitative estimate of drug-likeness (QED) is 0.869. The number of carbonyl (C=O) groups excluding carboxylic acids is 1. The fourth-order valence-electron chi connectivity index (χ4n) is 2.62. The number of nitrogens with one attached hydrogen (secondary N) is 1. The molecule has 1 N–H and O–H groups in total. The van der Waals surface area contributed by atoms with Crippen LogP contribution in [-0.2, 0) is 13.0 Å². The zero-order chi connectivity index (χ0) is 14.8. The molecule has 1 heterocycles. The second-order valence-electron chi connectivity index (χ2n) is 5.49. The van der Waals surface area contributed by atoms with E-state index in [0.29, 0.717) is 12.6 Å². The number of aromatic nitrogens is 1. The summed E-state index contributed by atoms with van der Waals surface area (Å²) in [5, 5.41) is 3.05. The summed E-state index contributed by atoms with van der Waals surface area (Å²) in [4.78, 5) is 12.4. The predicted octanol–water partition coefficient (Wildman–Crippen LogP) is 4.08. The summed E-state index contributed by atoms with van der Waals surface area (Å²) in [6.45, 7) is 2.71. The Hall–Kier alpha value is -1.55. The molecule has 1 aromatic heterocycles. The highest BCUT2D eigenvalue weighted by Gasteiger charge is 2.27. The number of rotatable bonds is 5. The normalized spacial score (nSPS) is 14.2. The van der Waals surface area contributed by atoms with Crippen molar-refractivity contribution in [3.8, 4) is 0 Å². The number of carbonyl (C=O) groups is 1. The lowest BCUT2D eigenvalue weighted by molar-refractivity contribution is 0.0941. The number of hydrogen-bond acceptors (Lipinski definition) is 1. The van der Waals surface area contributed by atoms with Crippen molar-refractivity contribution < 1.29 is 4.79 Å². The Balaban J connectivity index is 1.72. The maximum absolute atomic E-state index is 12.4. The third-order valence-electron chi connectivity index (χ3n) is 3.93. The molecule has 0 saturated heterocycles. The zero-order valence-corrected chi connectivity index (χ0v) is 13.7. The van der Waals surface area contributed by atoms with Crippen LogP contribution >= 0.6 is 15.9 Å². The molecule has 0 bridgehead atoms. The van der Waals surface area contributed by atoms with Crippen molar-refractivity contribution in [1.82, 2.24) is 9.88 Å². The minimum atomic E-state index is -0.00138. The minimum absolute atomic E-state index is 0.00138. The molecule has 0 atom stereocenters. The molecular formula is C17H19BrN2O. The molecular weight excluding hydrogens is 328 g/mol. The van der Waals surface area contributed by atoms with E-state index in [1.54, 1.807) is 0 Å². The summed E-state index contributed by atoms with van der Waals surface area (Å²) >= 11 is 3.47. The van der Waals surface area contributed by atoms with Crippen molar-refractivity contribution in [2.24, 2.45) is 0 Å². The molecule has 3 rings (SSSR count). The molecule has 4 heteroatoms. The third-order valence-corrected chi connectivity index (χ3v) is 4.36. The number of amides is 1. The molecule has 1 aliphatic carbocycles. The van der Waals surface area contributed by atoms with E-state index in [4.69, 9.17) is 0 Å². The van der Waals surface area contributed by atoms with Crippen LogP contribution in [0.25, 0.3) is 0 Å². The van der Waals surface area contributed by atoms with E-state index in [1.165, 1.54) is 24.0 Å². The van der Waals surface area contributed by atoms with Crippen LogP contribution in [0.2, 0.25) is 0 Å². The minimum Gasteiger partial charge on any atom is -0.347 e. The fourth-order valence-corrected chi connectivity index (χ4v) is 3.06. The Morgan fingerprint density at radius 2 is 2.05 bits per heavy atom. The van der Waals surface area contributed by atoms with Crippen molar-refractivity contribution >= 4 is 21.8 Å². The molecule has 21 heavy (non-hydrogen) atoms. The van der Waals surface area contributed by atoms with Crippen LogP contribution in [0.3, 0.4) is 0 Å². The Labute approximate surface area is 133 Å². The first kappa shape index (κ1) is 14.4. The van der Waals surface area contributed by atoms with Gasteiger partial charge in [0.2, 0.25) is 0 Å². The average Bonchev–Trinajstić information content (AvgIpc) is 3.27. The number of benzene rings is 1. The van der Waals surface area contributed by atoms with E-state index in [9.17, 15) is 4.79 Å². The van der Waals surface area contributed by atoms with Crippen LogP contribution in [0.5, 0.6) is 0 Å². The Kier molecular flexibility index (Phi) is 4.15. The highest BCUT2D eigenvalue weighted by molar-refractivity contribution is 9.10. The molecule has 0 radical (unpaired) electrons. The second kappa shape index (κ2) is 6.06. The van der Waals surface area contributed by atoms with E-state index in [0.717, 1.165) is 16.6 Å². The molecule has 1 aromatic carbocycles. The molecule has 1 amide bonds. The second-order valence-corrected chi connectivity index (χ2v) is 6.40. The lowest BCUT2D eigenvalue weighted by Crippen LogP contribution is -2.25. The zero-order valence-electron chi connectivity index (χ0n) is 12.1. The maximum Gasteiger partial charge on any atom is 0.268 e. The topological polar surface area (TPSA) is 34.0 Å². The van der Waals surface area contributed by atoms with Gasteiger partial charge in [-0.1, -0.05) is 31.2 Å². The van der Waals surface area contributed by atoms with Gasteiger partial charge in [-0.3, -0.25) is 4.79 Å². The summed E-state index contributed by atoms with van der Waals surface area (Å²) < 4.78 is 3.05. The number of nitrogens with zero attached hydrogens (tertiary/aromatic N) is 1. The van der Waals surface area contributed by atoms with Crippen molar-refractivity contribution in [2.45, 2.75) is 38.8 Å². The molecule has 1 aliphatic rings. The third kappa shape index (κ3) is 3.21. The lowest BCUT2D eigenvalue weighted by atomic mass is 10.1. The molecule has 3 nitrogen and oxygen atoms in total. The largest absolute Gasteiger partial charge is 0.347 e. The van der Waals surface area contributed by atoms with E-state index in [-0.39, 0.29) is 5.91 Å². The molecule has 2 aromatic rings. The SMILES string of the molecule is CCc1ccccc1CNC(=O)c1cc(Br)cn1C1CC1. The van der Waals surface area contributed by atoms with Gasteiger partial charge in [0.05, 0.1) is 0 Å². The predicted molar refractivity (Wildman–Crippen MR) is 87.4 cm³/mol. The smallest absolute Gasteiger partial charge is 0.268 e. The Morgan fingerprint density at radius 1 is 1.33 bits per heavy atom. The number of aryl methyl sites for hydroxylation is 1. The highest BCUT2D eigenvalue weighted by atomic mass is 79.9. The van der Waals surface area contributed by atoms with Gasteiger partial charge in [-0.25, -0.2) is 0 Å². The van der Waals surface area contributed by atoms with Gasteiger partial charge in [-0.05, 0) is 52.4 Å². The standard InChI is InChI=1S/C17H19BrN2O/c1-2-12-5-3-4-6-13(12)10-19-17(21)16-9-14(18)11-20(16)15-7-8-15/h3-6,9,11,15H,2,7-8,10H2,1H3,(H,19,21). The van der Waals surface area contributed by atoms with E-state index < -0.39 is 0 Å². The number of hydrogen-bond donors (Lipinski definition) is 1. The van der Waals surface area contributed by atoms with Crippen molar-refractivity contribution in [1.29, 1.82) is 0 Å². The first-order chi connectivity index (χ1) is 10.2. The van der Waals surface area contributed by atoms with Crippen LogP contribution in [0.4, 0.5) is 0 Å². The molecule has 0 aliphatic heterocycles. The van der Waals surface area contributed by atoms with Gasteiger partial charge in [-0.2, -0.15) is 0 Å². The van der Waals surface area contributed by atoms with Gasteiger partial charge < -0.3 is 9.88 Å². The van der Waals surface area contributed by atoms with Gasteiger partial charge in [0.1, 0.15) is 5.69 Å². The summed E-state index contributed by atoms with van der Waals surface area (Å²) in [6.07, 6.45) is 5.32. The monoisotopic (exact) mass is 346 g/mol. The van der Waals surface area contributed by atoms with Crippen LogP contribution in [-0.4, -0.2) is 10.5 Å². The summed E-state index contributed by atoms with van der Waals surface area (Å²) in [6, 6.07) is 10.7. The van der Waals surface area contributed by atoms with E-state index in [2.05, 4.69) is 44.9 Å². The summed E-state index contributed by atoms with van der Waals surface area (Å²) in [7, 11) is 0. The van der Waals surface area contributed by atoms with Crippen molar-refractivity contribution in [2.75, 3.05) is 0 Å². The molecule has 0 spiro atoms. The van der Waals surface area contributed by atoms with Gasteiger partial charge in [-0.15, -0.1) is 0 Å². The van der Waals surface area contributed by atoms with Crippen LogP contribution < -0.4 is 5.32 Å². The number of halogens is 1. The Morgan fingerprint density at radius 3 is 2.71 bits per heavy atom. The fraction of sp³-hybridized carbons (Fsp3) is 0.353. The van der Waals surface area contributed by atoms with Gasteiger partial charge in [0.25, 0.3) is 5.91 Å². The highest BCUT2D eigenvalue weighted by Crippen LogP contribution is 2.37. The Bertz CT molecular complexity index is 659. The van der Waals surface area contributed by atoms with E-state index in [1.807, 2.05) is 24.4 Å². The molecule has 1 saturated carbocycles. The van der Waals surface area contributed by atoms with Crippen molar-refractivity contribution in [3.63, 3.8) is 0 Å². The maximum atomic E-state index is 12.4. The molecule has 0 unspecified atom stereocenters.